The summed E-state index contributed by atoms with van der Waals surface area (Å²) >= 11 is 0. The molecule has 2 N–H and O–H groups in total. The van der Waals surface area contributed by atoms with Crippen molar-refractivity contribution < 1.29 is 33.7 Å². The largest absolute Gasteiger partial charge is 0.462 e. The van der Waals surface area contributed by atoms with Gasteiger partial charge in [-0.05, 0) is 53.1 Å². The molecule has 8 heteroatoms. The lowest BCUT2D eigenvalue weighted by Crippen LogP contribution is -2.68. The molecule has 7 nitrogen and oxygen atoms in total. The van der Waals surface area contributed by atoms with E-state index >= 15 is 0 Å². The van der Waals surface area contributed by atoms with E-state index in [1.54, 1.807) is 13.8 Å². The fourth-order valence-electron chi connectivity index (χ4n) is 8.15. The topological polar surface area (TPSA) is 102 Å². The third kappa shape index (κ3) is 8.82. The Bertz CT molecular complexity index is 1390. The van der Waals surface area contributed by atoms with E-state index in [0.29, 0.717) is 31.3 Å². The summed E-state index contributed by atoms with van der Waals surface area (Å²) in [4.78, 5) is 27.5. The van der Waals surface area contributed by atoms with Gasteiger partial charge >= 0.3 is 5.97 Å². The van der Waals surface area contributed by atoms with Crippen molar-refractivity contribution in [2.45, 2.75) is 143 Å². The number of carbonyl (C=O) groups excluding carboxylic acids is 2. The van der Waals surface area contributed by atoms with E-state index in [-0.39, 0.29) is 35.5 Å². The van der Waals surface area contributed by atoms with Gasteiger partial charge in [0.2, 0.25) is 0 Å². The Labute approximate surface area is 295 Å². The maximum atomic E-state index is 13.9. The van der Waals surface area contributed by atoms with Crippen molar-refractivity contribution in [1.82, 2.24) is 0 Å². The molecule has 2 aromatic rings. The van der Waals surface area contributed by atoms with Gasteiger partial charge in [-0.1, -0.05) is 129 Å². The smallest absolute Gasteiger partial charge is 0.311 e. The van der Waals surface area contributed by atoms with Crippen LogP contribution in [0, 0.1) is 17.3 Å². The van der Waals surface area contributed by atoms with E-state index in [1.165, 1.54) is 0 Å². The molecule has 0 aliphatic carbocycles. The van der Waals surface area contributed by atoms with Gasteiger partial charge in [0.05, 0.1) is 30.1 Å². The number of Topliss-reactive ketones (excluding diaryl/α,β-unsaturated/α-hetero) is 1. The summed E-state index contributed by atoms with van der Waals surface area (Å²) in [6.07, 6.45) is 2.15. The molecule has 2 heterocycles. The third-order valence-electron chi connectivity index (χ3n) is 10.8. The molecule has 270 valence electrons. The minimum atomic E-state index is -3.00. The minimum Gasteiger partial charge on any atom is -0.462 e. The number of aliphatic hydroxyl groups is 2. The van der Waals surface area contributed by atoms with E-state index < -0.39 is 49.9 Å². The van der Waals surface area contributed by atoms with Gasteiger partial charge in [0.15, 0.2) is 5.79 Å². The van der Waals surface area contributed by atoms with Crippen molar-refractivity contribution in [2.24, 2.45) is 17.3 Å². The molecule has 0 radical (unpaired) electrons. The summed E-state index contributed by atoms with van der Waals surface area (Å²) < 4.78 is 20.0. The zero-order valence-corrected chi connectivity index (χ0v) is 32.2. The van der Waals surface area contributed by atoms with E-state index in [0.717, 1.165) is 16.8 Å². The average molecular weight is 693 g/mol. The quantitative estimate of drug-likeness (QED) is 0.194. The number of ketones is 1. The number of hydrogen-bond acceptors (Lipinski definition) is 7. The van der Waals surface area contributed by atoms with Crippen molar-refractivity contribution in [3.63, 3.8) is 0 Å². The maximum Gasteiger partial charge on any atom is 0.311 e. The molecule has 0 saturated carbocycles. The molecule has 2 aromatic carbocycles. The SMILES string of the molecule is CCC[C@@H]1C/C=C(\C)[C@@H](O)C(C)(C)C(=O)[C@@H](C)CC(C)[C@@H]2C[C@H](O[Si](c3ccccc3)(c3ccccc3)C(C)(C)C)C[C@](O)(CC(=O)O1)O2. The first-order valence-electron chi connectivity index (χ1n) is 18.2. The molecule has 2 aliphatic heterocycles. The minimum absolute atomic E-state index is 0.0191. The van der Waals surface area contributed by atoms with Crippen molar-refractivity contribution in [2.75, 3.05) is 0 Å². The molecule has 0 aromatic heterocycles. The molecule has 1 saturated heterocycles. The lowest BCUT2D eigenvalue weighted by molar-refractivity contribution is -0.281. The van der Waals surface area contributed by atoms with Gasteiger partial charge in [0.1, 0.15) is 11.9 Å². The molecular formula is C41H60O7Si. The molecule has 2 bridgehead atoms. The zero-order valence-electron chi connectivity index (χ0n) is 31.2. The lowest BCUT2D eigenvalue weighted by Gasteiger charge is -2.49. The number of carbonyl (C=O) groups is 2. The van der Waals surface area contributed by atoms with Gasteiger partial charge in [0, 0.05) is 18.8 Å². The van der Waals surface area contributed by atoms with Crippen LogP contribution in [0.15, 0.2) is 72.3 Å². The Morgan fingerprint density at radius 2 is 1.53 bits per heavy atom. The Morgan fingerprint density at radius 1 is 0.959 bits per heavy atom. The van der Waals surface area contributed by atoms with Crippen LogP contribution in [0.1, 0.15) is 107 Å². The Balaban J connectivity index is 1.79. The predicted octanol–water partition coefficient (Wildman–Crippen LogP) is 6.87. The summed E-state index contributed by atoms with van der Waals surface area (Å²) in [5, 5.41) is 25.5. The fourth-order valence-corrected chi connectivity index (χ4v) is 12.8. The molecule has 7 atom stereocenters. The zero-order chi connectivity index (χ0) is 36.2. The Morgan fingerprint density at radius 3 is 2.06 bits per heavy atom. The first kappa shape index (κ1) is 39.2. The number of esters is 1. The summed E-state index contributed by atoms with van der Waals surface area (Å²) in [6, 6.07) is 20.8. The van der Waals surface area contributed by atoms with Crippen LogP contribution >= 0.6 is 0 Å². The Hall–Kier alpha value is -2.62. The van der Waals surface area contributed by atoms with E-state index in [9.17, 15) is 19.8 Å². The first-order chi connectivity index (χ1) is 22.9. The number of rotatable bonds is 6. The highest BCUT2D eigenvalue weighted by Crippen LogP contribution is 2.43. The second-order valence-corrected chi connectivity index (χ2v) is 20.6. The van der Waals surface area contributed by atoms with Gasteiger partial charge in [-0.25, -0.2) is 0 Å². The number of benzene rings is 2. The van der Waals surface area contributed by atoms with Gasteiger partial charge in [-0.3, -0.25) is 9.59 Å². The first-order valence-corrected chi connectivity index (χ1v) is 20.1. The number of aliphatic hydroxyl groups excluding tert-OH is 1. The number of hydrogen-bond donors (Lipinski definition) is 2. The third-order valence-corrected chi connectivity index (χ3v) is 15.9. The van der Waals surface area contributed by atoms with Crippen LogP contribution in [0.3, 0.4) is 0 Å². The highest BCUT2D eigenvalue weighted by Gasteiger charge is 2.54. The molecular weight excluding hydrogens is 633 g/mol. The highest BCUT2D eigenvalue weighted by molar-refractivity contribution is 6.99. The van der Waals surface area contributed by atoms with Crippen LogP contribution < -0.4 is 10.4 Å². The second kappa shape index (κ2) is 15.7. The second-order valence-electron chi connectivity index (χ2n) is 16.3. The molecule has 49 heavy (non-hydrogen) atoms. The monoisotopic (exact) mass is 692 g/mol. The van der Waals surface area contributed by atoms with Crippen molar-refractivity contribution in [1.29, 1.82) is 0 Å². The normalized spacial score (nSPS) is 31.8. The van der Waals surface area contributed by atoms with Gasteiger partial charge in [-0.2, -0.15) is 0 Å². The van der Waals surface area contributed by atoms with E-state index in [1.807, 2.05) is 70.2 Å². The average Bonchev–Trinajstić information content (AvgIpc) is 3.04. The summed E-state index contributed by atoms with van der Waals surface area (Å²) in [5.74, 6) is -2.88. The molecule has 4 rings (SSSR count). The van der Waals surface area contributed by atoms with Gasteiger partial charge in [-0.15, -0.1) is 0 Å². The summed E-state index contributed by atoms with van der Waals surface area (Å²) in [6.45, 7) is 18.1. The lowest BCUT2D eigenvalue weighted by atomic mass is 9.72. The summed E-state index contributed by atoms with van der Waals surface area (Å²) in [5.41, 5.74) is -0.332. The molecule has 1 fully saturated rings. The number of ether oxygens (including phenoxy) is 2. The van der Waals surface area contributed by atoms with E-state index in [2.05, 4.69) is 45.0 Å². The van der Waals surface area contributed by atoms with Crippen molar-refractivity contribution in [3.8, 4) is 0 Å². The van der Waals surface area contributed by atoms with Crippen molar-refractivity contribution in [3.05, 3.63) is 72.3 Å². The molecule has 1 unspecified atom stereocenters. The number of fused-ring (bicyclic) bond motifs is 2. The van der Waals surface area contributed by atoms with Crippen molar-refractivity contribution >= 4 is 30.4 Å². The molecule has 0 spiro atoms. The van der Waals surface area contributed by atoms with Gasteiger partial charge in [0.25, 0.3) is 8.32 Å². The summed E-state index contributed by atoms with van der Waals surface area (Å²) in [7, 11) is -3.00. The Kier molecular flexibility index (Phi) is 12.6. The van der Waals surface area contributed by atoms with Crippen LogP contribution in [0.2, 0.25) is 5.04 Å². The van der Waals surface area contributed by atoms with E-state index in [4.69, 9.17) is 13.9 Å². The molecule has 2 aliphatic rings. The van der Waals surface area contributed by atoms with Crippen LogP contribution in [-0.2, 0) is 23.5 Å². The fraction of sp³-hybridized carbons (Fsp3) is 0.610. The van der Waals surface area contributed by atoms with Crippen LogP contribution in [-0.4, -0.2) is 60.5 Å². The predicted molar refractivity (Wildman–Crippen MR) is 197 cm³/mol. The standard InChI is InChI=1S/C41H60O7Si/c1-10-17-31-23-22-28(2)37(43)40(8,9)38(44)30(4)24-29(3)35-25-32(26-41(45,47-35)27-36(42)46-31)48-49(39(5,6)7,33-18-13-11-14-19-33)34-20-15-12-16-21-34/h11-16,18-22,29-32,35,37,43,45H,10,17,23-27H2,1-9H3/b28-22+/t29?,30-,31+,32-,35-,37+,41+/m0/s1. The van der Waals surface area contributed by atoms with Crippen LogP contribution in [0.5, 0.6) is 0 Å². The molecule has 0 amide bonds. The van der Waals surface area contributed by atoms with Gasteiger partial charge < -0.3 is 24.1 Å². The number of cyclic esters (lactones) is 1. The van der Waals surface area contributed by atoms with Crippen LogP contribution in [0.4, 0.5) is 0 Å². The highest BCUT2D eigenvalue weighted by atomic mass is 28.4. The van der Waals surface area contributed by atoms with Crippen LogP contribution in [0.25, 0.3) is 0 Å². The maximum absolute atomic E-state index is 13.9.